The lowest BCUT2D eigenvalue weighted by molar-refractivity contribution is 0.0697. The van der Waals surface area contributed by atoms with E-state index in [2.05, 4.69) is 12.2 Å². The molecule has 1 aliphatic rings. The van der Waals surface area contributed by atoms with Crippen molar-refractivity contribution in [2.24, 2.45) is 0 Å². The van der Waals surface area contributed by atoms with Crippen LogP contribution >= 0.6 is 11.8 Å². The van der Waals surface area contributed by atoms with Gasteiger partial charge in [-0.15, -0.1) is 0 Å². The minimum atomic E-state index is -1.10. The zero-order chi connectivity index (χ0) is 13.8. The van der Waals surface area contributed by atoms with E-state index in [1.807, 2.05) is 11.8 Å². The van der Waals surface area contributed by atoms with Crippen molar-refractivity contribution in [1.29, 1.82) is 0 Å². The predicted octanol–water partition coefficient (Wildman–Crippen LogP) is 3.61. The van der Waals surface area contributed by atoms with Gasteiger partial charge >= 0.3 is 5.97 Å². The van der Waals surface area contributed by atoms with Crippen molar-refractivity contribution < 1.29 is 14.3 Å². The van der Waals surface area contributed by atoms with E-state index in [-0.39, 0.29) is 17.3 Å². The molecule has 3 nitrogen and oxygen atoms in total. The molecule has 1 aromatic carbocycles. The molecule has 2 rings (SSSR count). The van der Waals surface area contributed by atoms with Crippen LogP contribution in [0.15, 0.2) is 18.2 Å². The van der Waals surface area contributed by atoms with E-state index >= 15 is 0 Å². The van der Waals surface area contributed by atoms with E-state index in [0.717, 1.165) is 25.0 Å². The highest BCUT2D eigenvalue weighted by Crippen LogP contribution is 2.32. The summed E-state index contributed by atoms with van der Waals surface area (Å²) >= 11 is 1.92. The summed E-state index contributed by atoms with van der Waals surface area (Å²) in [7, 11) is 0. The molecular formula is C14H18FNO2S. The fourth-order valence-electron chi connectivity index (χ4n) is 2.51. The molecule has 104 valence electrons. The second kappa shape index (κ2) is 6.28. The van der Waals surface area contributed by atoms with Crippen LogP contribution in [0.3, 0.4) is 0 Å². The Bertz CT molecular complexity index is 467. The van der Waals surface area contributed by atoms with E-state index in [1.54, 1.807) is 0 Å². The topological polar surface area (TPSA) is 49.3 Å². The lowest BCUT2D eigenvalue weighted by Gasteiger charge is -2.17. The minimum absolute atomic E-state index is 0.00611. The van der Waals surface area contributed by atoms with Crippen molar-refractivity contribution in [3.63, 3.8) is 0 Å². The summed E-state index contributed by atoms with van der Waals surface area (Å²) in [6.45, 7) is 2.13. The SMILES string of the molecule is CCSC1CCC(Nc2c(F)cccc2C(=O)O)C1. The Kier molecular flexibility index (Phi) is 4.69. The highest BCUT2D eigenvalue weighted by atomic mass is 32.2. The number of thioether (sulfide) groups is 1. The summed E-state index contributed by atoms with van der Waals surface area (Å²) in [6, 6.07) is 4.32. The summed E-state index contributed by atoms with van der Waals surface area (Å²) in [5, 5.41) is 12.8. The normalized spacial score (nSPS) is 22.4. The van der Waals surface area contributed by atoms with Crippen LogP contribution in [0.1, 0.15) is 36.5 Å². The van der Waals surface area contributed by atoms with Gasteiger partial charge in [0.25, 0.3) is 0 Å². The van der Waals surface area contributed by atoms with Crippen molar-refractivity contribution in [2.45, 2.75) is 37.5 Å². The van der Waals surface area contributed by atoms with Gasteiger partial charge in [0, 0.05) is 11.3 Å². The van der Waals surface area contributed by atoms with Gasteiger partial charge in [-0.25, -0.2) is 9.18 Å². The Morgan fingerprint density at radius 2 is 2.32 bits per heavy atom. The smallest absolute Gasteiger partial charge is 0.337 e. The molecule has 0 saturated heterocycles. The molecule has 0 amide bonds. The van der Waals surface area contributed by atoms with Crippen molar-refractivity contribution in [1.82, 2.24) is 0 Å². The molecule has 0 spiro atoms. The molecule has 2 atom stereocenters. The molecule has 0 bridgehead atoms. The highest BCUT2D eigenvalue weighted by Gasteiger charge is 2.26. The number of benzene rings is 1. The zero-order valence-corrected chi connectivity index (χ0v) is 11.7. The highest BCUT2D eigenvalue weighted by molar-refractivity contribution is 7.99. The van der Waals surface area contributed by atoms with Crippen molar-refractivity contribution in [3.05, 3.63) is 29.6 Å². The molecule has 2 unspecified atom stereocenters. The molecule has 0 aromatic heterocycles. The number of carbonyl (C=O) groups is 1. The zero-order valence-electron chi connectivity index (χ0n) is 10.9. The minimum Gasteiger partial charge on any atom is -0.478 e. The summed E-state index contributed by atoms with van der Waals surface area (Å²) in [5.74, 6) is -0.511. The van der Waals surface area contributed by atoms with Crippen molar-refractivity contribution in [3.8, 4) is 0 Å². The fraction of sp³-hybridized carbons (Fsp3) is 0.500. The average Bonchev–Trinajstić information content (AvgIpc) is 2.79. The predicted molar refractivity (Wildman–Crippen MR) is 76.5 cm³/mol. The first-order valence-corrected chi connectivity index (χ1v) is 7.56. The maximum Gasteiger partial charge on any atom is 0.337 e. The van der Waals surface area contributed by atoms with Crippen molar-refractivity contribution >= 4 is 23.4 Å². The number of carboxylic acids is 1. The Balaban J connectivity index is 2.09. The molecular weight excluding hydrogens is 265 g/mol. The maximum absolute atomic E-state index is 13.8. The van der Waals surface area contributed by atoms with Crippen LogP contribution in [0.25, 0.3) is 0 Å². The second-order valence-corrected chi connectivity index (χ2v) is 6.28. The van der Waals surface area contributed by atoms with Gasteiger partial charge in [0.05, 0.1) is 11.3 Å². The van der Waals surface area contributed by atoms with E-state index in [4.69, 9.17) is 5.11 Å². The largest absolute Gasteiger partial charge is 0.478 e. The van der Waals surface area contributed by atoms with Crippen molar-refractivity contribution in [2.75, 3.05) is 11.1 Å². The average molecular weight is 283 g/mol. The number of hydrogen-bond donors (Lipinski definition) is 2. The molecule has 1 aromatic rings. The molecule has 1 saturated carbocycles. The third kappa shape index (κ3) is 3.41. The fourth-order valence-corrected chi connectivity index (χ4v) is 3.65. The molecule has 1 fully saturated rings. The van der Waals surface area contributed by atoms with E-state index < -0.39 is 11.8 Å². The van der Waals surface area contributed by atoms with Crippen LogP contribution in [0, 0.1) is 5.82 Å². The van der Waals surface area contributed by atoms with Crippen LogP contribution in [0.2, 0.25) is 0 Å². The number of halogens is 1. The Morgan fingerprint density at radius 1 is 1.53 bits per heavy atom. The molecule has 2 N–H and O–H groups in total. The summed E-state index contributed by atoms with van der Waals surface area (Å²) in [5.41, 5.74) is 0.133. The van der Waals surface area contributed by atoms with Gasteiger partial charge in [0.15, 0.2) is 0 Å². The maximum atomic E-state index is 13.8. The first-order valence-electron chi connectivity index (χ1n) is 6.51. The number of carboxylic acid groups (broad SMARTS) is 1. The Labute approximate surface area is 116 Å². The van der Waals surface area contributed by atoms with Gasteiger partial charge in [-0.2, -0.15) is 11.8 Å². The number of rotatable bonds is 5. The lowest BCUT2D eigenvalue weighted by Crippen LogP contribution is -2.19. The quantitative estimate of drug-likeness (QED) is 0.866. The third-order valence-electron chi connectivity index (χ3n) is 3.38. The molecule has 0 radical (unpaired) electrons. The first-order chi connectivity index (χ1) is 9.11. The number of anilines is 1. The number of nitrogens with one attached hydrogen (secondary N) is 1. The van der Waals surface area contributed by atoms with Crippen LogP contribution in [0.5, 0.6) is 0 Å². The number of para-hydroxylation sites is 1. The summed E-state index contributed by atoms with van der Waals surface area (Å²) in [4.78, 5) is 11.1. The van der Waals surface area contributed by atoms with Crippen LogP contribution < -0.4 is 5.32 Å². The van der Waals surface area contributed by atoms with Gasteiger partial charge in [-0.3, -0.25) is 0 Å². The van der Waals surface area contributed by atoms with E-state index in [1.165, 1.54) is 18.2 Å². The summed E-state index contributed by atoms with van der Waals surface area (Å²) in [6.07, 6.45) is 3.03. The molecule has 0 aliphatic heterocycles. The van der Waals surface area contributed by atoms with Gasteiger partial charge in [-0.1, -0.05) is 13.0 Å². The molecule has 19 heavy (non-hydrogen) atoms. The van der Waals surface area contributed by atoms with Crippen LogP contribution in [-0.4, -0.2) is 28.1 Å². The van der Waals surface area contributed by atoms with Crippen LogP contribution in [-0.2, 0) is 0 Å². The summed E-state index contributed by atoms with van der Waals surface area (Å²) < 4.78 is 13.8. The van der Waals surface area contributed by atoms with Gasteiger partial charge < -0.3 is 10.4 Å². The van der Waals surface area contributed by atoms with E-state index in [9.17, 15) is 9.18 Å². The van der Waals surface area contributed by atoms with Gasteiger partial charge in [0.2, 0.25) is 0 Å². The van der Waals surface area contributed by atoms with Gasteiger partial charge in [-0.05, 0) is 37.1 Å². The lowest BCUT2D eigenvalue weighted by atomic mass is 10.1. The van der Waals surface area contributed by atoms with E-state index in [0.29, 0.717) is 5.25 Å². The molecule has 0 heterocycles. The Hall–Kier alpha value is -1.23. The third-order valence-corrected chi connectivity index (χ3v) is 4.61. The number of aromatic carboxylic acids is 1. The monoisotopic (exact) mass is 283 g/mol. The van der Waals surface area contributed by atoms with Gasteiger partial charge in [0.1, 0.15) is 5.82 Å². The Morgan fingerprint density at radius 3 is 3.00 bits per heavy atom. The van der Waals surface area contributed by atoms with Crippen LogP contribution in [0.4, 0.5) is 10.1 Å². The molecule has 5 heteroatoms. The second-order valence-electron chi connectivity index (χ2n) is 4.70. The number of hydrogen-bond acceptors (Lipinski definition) is 3. The molecule has 1 aliphatic carbocycles. The standard InChI is InChI=1S/C14H18FNO2S/c1-2-19-10-7-6-9(8-10)16-13-11(14(17)18)4-3-5-12(13)15/h3-5,9-10,16H,2,6-8H2,1H3,(H,17,18). The first kappa shape index (κ1) is 14.2.